The van der Waals surface area contributed by atoms with E-state index in [1.54, 1.807) is 0 Å². The van der Waals surface area contributed by atoms with Crippen molar-refractivity contribution in [2.75, 3.05) is 6.61 Å². The van der Waals surface area contributed by atoms with Gasteiger partial charge in [-0.15, -0.1) is 0 Å². The van der Waals surface area contributed by atoms with Crippen LogP contribution in [-0.4, -0.2) is 26.7 Å². The second kappa shape index (κ2) is 3.90. The molecule has 80 valence electrons. The normalized spacial score (nSPS) is 11.1. The molecule has 0 aliphatic carbocycles. The molecule has 1 N–H and O–H groups in total. The van der Waals surface area contributed by atoms with Gasteiger partial charge in [-0.1, -0.05) is 0 Å². The highest BCUT2D eigenvalue weighted by atomic mass is 19.2. The highest BCUT2D eigenvalue weighted by Gasteiger charge is 2.08. The smallest absolute Gasteiger partial charge is 0.161 e. The lowest BCUT2D eigenvalue weighted by atomic mass is 10.3. The zero-order valence-corrected chi connectivity index (χ0v) is 7.82. The highest BCUT2D eigenvalue weighted by Crippen LogP contribution is 2.14. The number of nitrogens with zero attached hydrogens (tertiary/aromatic N) is 3. The molecule has 0 fully saturated rings. The van der Waals surface area contributed by atoms with Crippen LogP contribution in [0.3, 0.4) is 0 Å². The molecule has 4 nitrogen and oxygen atoms in total. The number of aromatic nitrogens is 3. The molecular weight excluding hydrogens is 204 g/mol. The predicted molar refractivity (Wildman–Crippen MR) is 49.1 cm³/mol. The minimum Gasteiger partial charge on any atom is -0.396 e. The van der Waals surface area contributed by atoms with Crippen LogP contribution in [0, 0.1) is 11.6 Å². The third-order valence-electron chi connectivity index (χ3n) is 1.98. The van der Waals surface area contributed by atoms with Crippen molar-refractivity contribution >= 4 is 11.0 Å². The fourth-order valence-electron chi connectivity index (χ4n) is 1.27. The van der Waals surface area contributed by atoms with Crippen LogP contribution >= 0.6 is 0 Å². The van der Waals surface area contributed by atoms with Crippen molar-refractivity contribution < 1.29 is 13.9 Å². The maximum atomic E-state index is 12.8. The molecule has 1 heterocycles. The van der Waals surface area contributed by atoms with Gasteiger partial charge in [0, 0.05) is 18.7 Å². The molecule has 1 aromatic heterocycles. The number of benzene rings is 1. The third kappa shape index (κ3) is 1.94. The highest BCUT2D eigenvalue weighted by molar-refractivity contribution is 5.73. The molecule has 15 heavy (non-hydrogen) atoms. The van der Waals surface area contributed by atoms with E-state index in [1.165, 1.54) is 4.80 Å². The van der Waals surface area contributed by atoms with Gasteiger partial charge in [0.1, 0.15) is 11.0 Å². The Hall–Kier alpha value is -1.56. The van der Waals surface area contributed by atoms with Crippen LogP contribution in [0.5, 0.6) is 0 Å². The standard InChI is InChI=1S/C9H9F2N3O/c10-6-4-8-9(5-7(6)11)13-14(12-8)2-1-3-15/h4-5,15H,1-3H2. The van der Waals surface area contributed by atoms with Crippen molar-refractivity contribution in [1.82, 2.24) is 15.0 Å². The Labute approximate surface area is 84.1 Å². The first-order valence-corrected chi connectivity index (χ1v) is 4.51. The molecule has 0 aliphatic heterocycles. The van der Waals surface area contributed by atoms with Crippen LogP contribution in [0.25, 0.3) is 11.0 Å². The van der Waals surface area contributed by atoms with Crippen LogP contribution in [0.15, 0.2) is 12.1 Å². The molecule has 0 aliphatic rings. The first-order valence-electron chi connectivity index (χ1n) is 4.51. The van der Waals surface area contributed by atoms with E-state index in [4.69, 9.17) is 5.11 Å². The largest absolute Gasteiger partial charge is 0.396 e. The molecule has 0 saturated heterocycles. The number of halogens is 2. The zero-order valence-electron chi connectivity index (χ0n) is 7.82. The summed E-state index contributed by atoms with van der Waals surface area (Å²) in [6.07, 6.45) is 0.506. The Morgan fingerprint density at radius 2 is 1.67 bits per heavy atom. The summed E-state index contributed by atoms with van der Waals surface area (Å²) in [7, 11) is 0. The molecule has 1 aromatic carbocycles. The molecule has 6 heteroatoms. The average molecular weight is 213 g/mol. The van der Waals surface area contributed by atoms with E-state index >= 15 is 0 Å². The van der Waals surface area contributed by atoms with Gasteiger partial charge in [0.15, 0.2) is 11.6 Å². The summed E-state index contributed by atoms with van der Waals surface area (Å²) in [5, 5.41) is 16.5. The summed E-state index contributed by atoms with van der Waals surface area (Å²) in [6, 6.07) is 2.01. The van der Waals surface area contributed by atoms with E-state index in [-0.39, 0.29) is 6.61 Å². The molecule has 0 atom stereocenters. The lowest BCUT2D eigenvalue weighted by Crippen LogP contribution is -2.03. The average Bonchev–Trinajstić information content (AvgIpc) is 2.58. The van der Waals surface area contributed by atoms with Gasteiger partial charge in [-0.05, 0) is 6.42 Å². The summed E-state index contributed by atoms with van der Waals surface area (Å²) < 4.78 is 25.6. The zero-order chi connectivity index (χ0) is 10.8. The molecular formula is C9H9F2N3O. The summed E-state index contributed by atoms with van der Waals surface area (Å²) >= 11 is 0. The Morgan fingerprint density at radius 3 is 2.13 bits per heavy atom. The van der Waals surface area contributed by atoms with Crippen LogP contribution in [0.4, 0.5) is 8.78 Å². The fraction of sp³-hybridized carbons (Fsp3) is 0.333. The number of aliphatic hydroxyl groups is 1. The van der Waals surface area contributed by atoms with E-state index in [0.29, 0.717) is 24.0 Å². The number of hydrogen-bond acceptors (Lipinski definition) is 3. The molecule has 2 rings (SSSR count). The van der Waals surface area contributed by atoms with Crippen LogP contribution < -0.4 is 0 Å². The molecule has 0 bridgehead atoms. The first kappa shape index (κ1) is 9.97. The van der Waals surface area contributed by atoms with E-state index in [1.807, 2.05) is 0 Å². The topological polar surface area (TPSA) is 50.9 Å². The molecule has 0 spiro atoms. The van der Waals surface area contributed by atoms with Crippen molar-refractivity contribution in [2.24, 2.45) is 0 Å². The van der Waals surface area contributed by atoms with Gasteiger partial charge in [-0.3, -0.25) is 0 Å². The second-order valence-electron chi connectivity index (χ2n) is 3.13. The van der Waals surface area contributed by atoms with Gasteiger partial charge in [-0.25, -0.2) is 8.78 Å². The Morgan fingerprint density at radius 1 is 1.13 bits per heavy atom. The van der Waals surface area contributed by atoms with Crippen molar-refractivity contribution in [1.29, 1.82) is 0 Å². The fourth-order valence-corrected chi connectivity index (χ4v) is 1.27. The summed E-state index contributed by atoms with van der Waals surface area (Å²) in [5.41, 5.74) is 0.624. The number of rotatable bonds is 3. The summed E-state index contributed by atoms with van der Waals surface area (Å²) in [5.74, 6) is -1.87. The lowest BCUT2D eigenvalue weighted by molar-refractivity contribution is 0.273. The molecule has 0 radical (unpaired) electrons. The molecule has 0 amide bonds. The van der Waals surface area contributed by atoms with Crippen LogP contribution in [-0.2, 0) is 6.54 Å². The monoisotopic (exact) mass is 213 g/mol. The molecule has 0 unspecified atom stereocenters. The van der Waals surface area contributed by atoms with Gasteiger partial charge in [0.05, 0.1) is 6.54 Å². The SMILES string of the molecule is OCCCn1nc2cc(F)c(F)cc2n1. The molecule has 0 saturated carbocycles. The van der Waals surface area contributed by atoms with E-state index in [2.05, 4.69) is 10.2 Å². The van der Waals surface area contributed by atoms with Gasteiger partial charge in [-0.2, -0.15) is 15.0 Å². The third-order valence-corrected chi connectivity index (χ3v) is 1.98. The Balaban J connectivity index is 2.38. The lowest BCUT2D eigenvalue weighted by Gasteiger charge is -1.93. The number of fused-ring (bicyclic) bond motifs is 1. The number of hydrogen-bond donors (Lipinski definition) is 1. The summed E-state index contributed by atoms with van der Waals surface area (Å²) in [4.78, 5) is 1.32. The minimum atomic E-state index is -0.934. The number of aliphatic hydroxyl groups excluding tert-OH is 1. The van der Waals surface area contributed by atoms with Crippen molar-refractivity contribution in [3.8, 4) is 0 Å². The van der Waals surface area contributed by atoms with Crippen molar-refractivity contribution in [3.63, 3.8) is 0 Å². The maximum absolute atomic E-state index is 12.8. The minimum absolute atomic E-state index is 0.0284. The maximum Gasteiger partial charge on any atom is 0.161 e. The second-order valence-corrected chi connectivity index (χ2v) is 3.13. The van der Waals surface area contributed by atoms with E-state index in [9.17, 15) is 8.78 Å². The quantitative estimate of drug-likeness (QED) is 0.830. The van der Waals surface area contributed by atoms with Crippen molar-refractivity contribution in [2.45, 2.75) is 13.0 Å². The van der Waals surface area contributed by atoms with E-state index in [0.717, 1.165) is 12.1 Å². The van der Waals surface area contributed by atoms with Crippen LogP contribution in [0.1, 0.15) is 6.42 Å². The predicted octanol–water partition coefficient (Wildman–Crippen LogP) is 1.09. The van der Waals surface area contributed by atoms with Gasteiger partial charge < -0.3 is 5.11 Å². The van der Waals surface area contributed by atoms with Crippen LogP contribution in [0.2, 0.25) is 0 Å². The van der Waals surface area contributed by atoms with E-state index < -0.39 is 11.6 Å². The van der Waals surface area contributed by atoms with Gasteiger partial charge in [0.2, 0.25) is 0 Å². The Kier molecular flexibility index (Phi) is 2.59. The van der Waals surface area contributed by atoms with Gasteiger partial charge >= 0.3 is 0 Å². The first-order chi connectivity index (χ1) is 7.20. The molecule has 2 aromatic rings. The summed E-state index contributed by atoms with van der Waals surface area (Å²) in [6.45, 7) is 0.453. The number of aryl methyl sites for hydroxylation is 1. The van der Waals surface area contributed by atoms with Crippen molar-refractivity contribution in [3.05, 3.63) is 23.8 Å². The van der Waals surface area contributed by atoms with Gasteiger partial charge in [0.25, 0.3) is 0 Å². The Bertz CT molecular complexity index is 444.